The van der Waals surface area contributed by atoms with Crippen LogP contribution in [0.2, 0.25) is 0 Å². The Bertz CT molecular complexity index is 1550. The second kappa shape index (κ2) is 9.36. The number of carbonyl (C=O) groups excluding carboxylic acids is 3. The molecule has 7 nitrogen and oxygen atoms in total. The van der Waals surface area contributed by atoms with Crippen molar-refractivity contribution in [1.82, 2.24) is 15.2 Å². The zero-order valence-corrected chi connectivity index (χ0v) is 21.8. The minimum atomic E-state index is -3.28. The standard InChI is InChI=1S/C31H27F2N3O4/c1-3-31(32,33)25-5-4-14-34-26(25)18-6-9-20(10-7-18)30(24-13-12-22(24)27(37)35-29(30)39)17-36-16-19-8-11-21(40-2)15-23(19)28(36)38/h3-11,14-15,22,24H,1,12-13,16-17H2,2H3,(H,35,37,39)/t22?,24?,30-/m1/s1. The molecule has 204 valence electrons. The summed E-state index contributed by atoms with van der Waals surface area (Å²) in [6.45, 7) is 3.65. The third kappa shape index (κ3) is 3.83. The lowest BCUT2D eigenvalue weighted by Gasteiger charge is -2.53. The Labute approximate surface area is 229 Å². The van der Waals surface area contributed by atoms with Crippen LogP contribution in [0.4, 0.5) is 8.78 Å². The molecule has 9 heteroatoms. The number of carbonyl (C=O) groups is 3. The lowest BCUT2D eigenvalue weighted by molar-refractivity contribution is -0.152. The SMILES string of the molecule is C=CC(F)(F)c1cccnc1-c1ccc([C@@]2(CN3Cc4ccc(OC)cc4C3=O)C(=O)NC(=O)C3CCC32)cc1. The number of methoxy groups -OCH3 is 1. The highest BCUT2D eigenvalue weighted by Gasteiger charge is 2.60. The summed E-state index contributed by atoms with van der Waals surface area (Å²) >= 11 is 0. The number of ether oxygens (including phenoxy) is 1. The molecule has 6 rings (SSSR count). The van der Waals surface area contributed by atoms with Crippen LogP contribution in [0.15, 0.2) is 73.4 Å². The fourth-order valence-corrected chi connectivity index (χ4v) is 6.35. The van der Waals surface area contributed by atoms with Crippen LogP contribution in [0.3, 0.4) is 0 Å². The third-order valence-corrected chi connectivity index (χ3v) is 8.62. The highest BCUT2D eigenvalue weighted by molar-refractivity contribution is 6.06. The zero-order chi connectivity index (χ0) is 28.2. The molecule has 2 fully saturated rings. The molecule has 1 saturated heterocycles. The maximum absolute atomic E-state index is 14.6. The monoisotopic (exact) mass is 543 g/mol. The van der Waals surface area contributed by atoms with Gasteiger partial charge in [0.1, 0.15) is 5.75 Å². The van der Waals surface area contributed by atoms with Gasteiger partial charge in [-0.25, -0.2) is 0 Å². The summed E-state index contributed by atoms with van der Waals surface area (Å²) in [7, 11) is 1.53. The number of nitrogens with zero attached hydrogens (tertiary/aromatic N) is 2. The van der Waals surface area contributed by atoms with Crippen molar-refractivity contribution in [1.29, 1.82) is 0 Å². The van der Waals surface area contributed by atoms with Gasteiger partial charge in [0.25, 0.3) is 11.8 Å². The molecule has 3 aliphatic rings. The Morgan fingerprint density at radius 1 is 1.15 bits per heavy atom. The number of pyridine rings is 1. The van der Waals surface area contributed by atoms with E-state index in [-0.39, 0.29) is 41.5 Å². The van der Waals surface area contributed by atoms with E-state index < -0.39 is 17.2 Å². The Hall–Kier alpha value is -4.40. The van der Waals surface area contributed by atoms with Crippen molar-refractivity contribution in [2.75, 3.05) is 13.7 Å². The molecule has 3 aromatic rings. The Balaban J connectivity index is 1.40. The summed E-state index contributed by atoms with van der Waals surface area (Å²) in [6, 6.07) is 14.8. The molecule has 1 aromatic heterocycles. The van der Waals surface area contributed by atoms with Crippen LogP contribution in [0, 0.1) is 11.8 Å². The first-order chi connectivity index (χ1) is 19.2. The van der Waals surface area contributed by atoms with Crippen LogP contribution in [-0.2, 0) is 27.5 Å². The molecular weight excluding hydrogens is 516 g/mol. The maximum atomic E-state index is 14.6. The highest BCUT2D eigenvalue weighted by Crippen LogP contribution is 2.52. The predicted molar refractivity (Wildman–Crippen MR) is 143 cm³/mol. The second-order valence-electron chi connectivity index (χ2n) is 10.6. The van der Waals surface area contributed by atoms with Crippen LogP contribution in [0.5, 0.6) is 5.75 Å². The van der Waals surface area contributed by atoms with E-state index in [1.54, 1.807) is 41.3 Å². The van der Waals surface area contributed by atoms with Crippen molar-refractivity contribution >= 4 is 17.7 Å². The average Bonchev–Trinajstić information content (AvgIpc) is 3.25. The quantitative estimate of drug-likeness (QED) is 0.347. The smallest absolute Gasteiger partial charge is 0.293 e. The molecular formula is C31H27F2N3O4. The third-order valence-electron chi connectivity index (χ3n) is 8.62. The summed E-state index contributed by atoms with van der Waals surface area (Å²) in [5.74, 6) is -4.30. The lowest BCUT2D eigenvalue weighted by Crippen LogP contribution is -2.67. The van der Waals surface area contributed by atoms with Crippen LogP contribution in [-0.4, -0.2) is 41.3 Å². The van der Waals surface area contributed by atoms with Crippen molar-refractivity contribution in [3.63, 3.8) is 0 Å². The van der Waals surface area contributed by atoms with Crippen molar-refractivity contribution in [3.8, 4) is 17.0 Å². The van der Waals surface area contributed by atoms with Crippen LogP contribution >= 0.6 is 0 Å². The van der Waals surface area contributed by atoms with Gasteiger partial charge >= 0.3 is 0 Å². The van der Waals surface area contributed by atoms with Crippen molar-refractivity contribution in [2.24, 2.45) is 11.8 Å². The largest absolute Gasteiger partial charge is 0.497 e. The van der Waals surface area contributed by atoms with Gasteiger partial charge in [0, 0.05) is 36.3 Å². The van der Waals surface area contributed by atoms with E-state index in [4.69, 9.17) is 4.74 Å². The predicted octanol–water partition coefficient (Wildman–Crippen LogP) is 4.61. The molecule has 1 saturated carbocycles. The van der Waals surface area contributed by atoms with Gasteiger partial charge in [0.15, 0.2) is 0 Å². The molecule has 3 atom stereocenters. The number of nitrogens with one attached hydrogen (secondary N) is 1. The number of imide groups is 1. The van der Waals surface area contributed by atoms with Gasteiger partial charge < -0.3 is 9.64 Å². The van der Waals surface area contributed by atoms with Crippen molar-refractivity contribution in [3.05, 3.63) is 95.7 Å². The number of alkyl halides is 2. The molecule has 3 amide bonds. The number of fused-ring (bicyclic) bond motifs is 2. The average molecular weight is 544 g/mol. The lowest BCUT2D eigenvalue weighted by atomic mass is 9.54. The minimum absolute atomic E-state index is 0.0752. The first kappa shape index (κ1) is 25.9. The van der Waals surface area contributed by atoms with E-state index in [1.165, 1.54) is 25.4 Å². The molecule has 0 bridgehead atoms. The van der Waals surface area contributed by atoms with Gasteiger partial charge in [-0.2, -0.15) is 8.78 Å². The number of halogens is 2. The van der Waals surface area contributed by atoms with Crippen LogP contribution in [0.25, 0.3) is 11.3 Å². The Morgan fingerprint density at radius 2 is 1.93 bits per heavy atom. The zero-order valence-electron chi connectivity index (χ0n) is 21.8. The highest BCUT2D eigenvalue weighted by atomic mass is 19.3. The summed E-state index contributed by atoms with van der Waals surface area (Å²) in [5, 5.41) is 2.55. The molecule has 3 heterocycles. The summed E-state index contributed by atoms with van der Waals surface area (Å²) < 4.78 is 34.5. The number of piperidine rings is 1. The van der Waals surface area contributed by atoms with Gasteiger partial charge in [-0.3, -0.25) is 24.7 Å². The fourth-order valence-electron chi connectivity index (χ4n) is 6.35. The topological polar surface area (TPSA) is 88.6 Å². The number of rotatable bonds is 7. The number of aromatic nitrogens is 1. The van der Waals surface area contributed by atoms with E-state index in [9.17, 15) is 23.2 Å². The Morgan fingerprint density at radius 3 is 2.60 bits per heavy atom. The van der Waals surface area contributed by atoms with Crippen molar-refractivity contribution in [2.45, 2.75) is 30.7 Å². The molecule has 1 aliphatic carbocycles. The van der Waals surface area contributed by atoms with E-state index in [2.05, 4.69) is 16.9 Å². The minimum Gasteiger partial charge on any atom is -0.497 e. The van der Waals surface area contributed by atoms with Gasteiger partial charge in [0.05, 0.1) is 23.8 Å². The molecule has 2 unspecified atom stereocenters. The molecule has 2 aliphatic heterocycles. The molecule has 2 aromatic carbocycles. The van der Waals surface area contributed by atoms with Gasteiger partial charge in [-0.05, 0) is 60.2 Å². The molecule has 0 radical (unpaired) electrons. The van der Waals surface area contributed by atoms with E-state index in [0.29, 0.717) is 47.9 Å². The summed E-state index contributed by atoms with van der Waals surface area (Å²) in [6.07, 6.45) is 3.34. The Kier molecular flexibility index (Phi) is 6.05. The number of hydrogen-bond donors (Lipinski definition) is 1. The second-order valence-corrected chi connectivity index (χ2v) is 10.6. The number of amides is 3. The van der Waals surface area contributed by atoms with Crippen molar-refractivity contribution < 1.29 is 27.9 Å². The number of benzene rings is 2. The van der Waals surface area contributed by atoms with Gasteiger partial charge in [0.2, 0.25) is 11.8 Å². The summed E-state index contributed by atoms with van der Waals surface area (Å²) in [4.78, 5) is 45.7. The molecule has 40 heavy (non-hydrogen) atoms. The number of allylic oxidation sites excluding steroid dienone is 1. The van der Waals surface area contributed by atoms with Gasteiger partial charge in [-0.15, -0.1) is 0 Å². The summed E-state index contributed by atoms with van der Waals surface area (Å²) in [5.41, 5.74) is 1.07. The molecule has 1 N–H and O–H groups in total. The first-order valence-electron chi connectivity index (χ1n) is 13.1. The van der Waals surface area contributed by atoms with E-state index in [1.807, 2.05) is 6.07 Å². The van der Waals surface area contributed by atoms with E-state index >= 15 is 0 Å². The van der Waals surface area contributed by atoms with Crippen LogP contribution < -0.4 is 10.1 Å². The fraction of sp³-hybridized carbons (Fsp3) is 0.290. The normalized spacial score (nSPS) is 23.7. The maximum Gasteiger partial charge on any atom is 0.293 e. The van der Waals surface area contributed by atoms with E-state index in [0.717, 1.165) is 5.56 Å². The molecule has 0 spiro atoms. The van der Waals surface area contributed by atoms with Crippen LogP contribution in [0.1, 0.15) is 39.9 Å². The first-order valence-corrected chi connectivity index (χ1v) is 13.1. The number of hydrogen-bond acceptors (Lipinski definition) is 5. The van der Waals surface area contributed by atoms with Gasteiger partial charge in [-0.1, -0.05) is 36.9 Å².